The Hall–Kier alpha value is -3.08. The summed E-state index contributed by atoms with van der Waals surface area (Å²) >= 11 is 1.54. The van der Waals surface area contributed by atoms with Gasteiger partial charge in [0, 0.05) is 17.5 Å². The largest absolute Gasteiger partial charge is 0.464 e. The van der Waals surface area contributed by atoms with Gasteiger partial charge in [0.1, 0.15) is 16.1 Å². The quantitative estimate of drug-likeness (QED) is 0.409. The first-order valence-electron chi connectivity index (χ1n) is 12.4. The number of carbonyl (C=O) groups excluding carboxylic acids is 1. The highest BCUT2D eigenvalue weighted by Crippen LogP contribution is 2.34. The van der Waals surface area contributed by atoms with Gasteiger partial charge in [-0.15, -0.1) is 10.2 Å². The monoisotopic (exact) mass is 488 g/mol. The molecule has 0 bridgehead atoms. The fourth-order valence-corrected chi connectivity index (χ4v) is 5.51. The number of nitrogens with zero attached hydrogens (tertiary/aromatic N) is 3. The number of rotatable bonds is 9. The molecule has 0 unspecified atom stereocenters. The van der Waals surface area contributed by atoms with Crippen molar-refractivity contribution in [2.24, 2.45) is 5.92 Å². The Morgan fingerprint density at radius 1 is 1.23 bits per heavy atom. The van der Waals surface area contributed by atoms with Crippen LogP contribution in [0.4, 0.5) is 0 Å². The molecule has 1 N–H and O–H groups in total. The van der Waals surface area contributed by atoms with Crippen molar-refractivity contribution in [3.63, 3.8) is 0 Å². The van der Waals surface area contributed by atoms with E-state index in [2.05, 4.69) is 54.5 Å². The number of ether oxygens (including phenoxy) is 1. The Morgan fingerprint density at radius 3 is 2.77 bits per heavy atom. The number of esters is 1. The summed E-state index contributed by atoms with van der Waals surface area (Å²) in [4.78, 5) is 12.2. The number of aromatic nitrogens is 2. The molecule has 1 fully saturated rings. The number of nitriles is 1. The van der Waals surface area contributed by atoms with E-state index in [4.69, 9.17) is 4.74 Å². The maximum atomic E-state index is 12.2. The molecular formula is C28H32N4O2S. The zero-order chi connectivity index (χ0) is 24.8. The van der Waals surface area contributed by atoms with Crippen LogP contribution < -0.4 is 5.32 Å². The van der Waals surface area contributed by atoms with Crippen LogP contribution in [0.3, 0.4) is 0 Å². The van der Waals surface area contributed by atoms with Gasteiger partial charge in [-0.3, -0.25) is 4.79 Å². The maximum absolute atomic E-state index is 12.2. The van der Waals surface area contributed by atoms with Crippen molar-refractivity contribution < 1.29 is 9.53 Å². The van der Waals surface area contributed by atoms with Gasteiger partial charge in [0.25, 0.3) is 0 Å². The molecule has 0 saturated carbocycles. The molecule has 4 rings (SSSR count). The number of carbonyl (C=O) groups is 1. The summed E-state index contributed by atoms with van der Waals surface area (Å²) in [6, 6.07) is 14.4. The fraction of sp³-hybridized carbons (Fsp3) is 0.429. The zero-order valence-corrected chi connectivity index (χ0v) is 21.5. The highest BCUT2D eigenvalue weighted by Gasteiger charge is 2.23. The first-order chi connectivity index (χ1) is 17.0. The van der Waals surface area contributed by atoms with Gasteiger partial charge in [0.15, 0.2) is 0 Å². The van der Waals surface area contributed by atoms with Crippen LogP contribution in [0.5, 0.6) is 0 Å². The number of hydrogen-bond acceptors (Lipinski definition) is 7. The summed E-state index contributed by atoms with van der Waals surface area (Å²) in [6.45, 7) is 7.69. The van der Waals surface area contributed by atoms with Crippen molar-refractivity contribution in [2.75, 3.05) is 13.2 Å². The van der Waals surface area contributed by atoms with Crippen LogP contribution in [0, 0.1) is 17.2 Å². The summed E-state index contributed by atoms with van der Waals surface area (Å²) in [5, 5.41) is 23.4. The van der Waals surface area contributed by atoms with Crippen LogP contribution in [0.1, 0.15) is 55.9 Å². The fourth-order valence-electron chi connectivity index (χ4n) is 4.61. The van der Waals surface area contributed by atoms with Crippen molar-refractivity contribution in [3.8, 4) is 27.2 Å². The highest BCUT2D eigenvalue weighted by molar-refractivity contribution is 7.17. The summed E-state index contributed by atoms with van der Waals surface area (Å²) in [7, 11) is 0. The third kappa shape index (κ3) is 5.95. The smallest absolute Gasteiger partial charge is 0.323 e. The second-order valence-electron chi connectivity index (χ2n) is 9.36. The Morgan fingerprint density at radius 2 is 2.06 bits per heavy atom. The third-order valence-electron chi connectivity index (χ3n) is 6.35. The zero-order valence-electron chi connectivity index (χ0n) is 20.6. The van der Waals surface area contributed by atoms with E-state index in [9.17, 15) is 10.1 Å². The Balaban J connectivity index is 1.51. The van der Waals surface area contributed by atoms with Gasteiger partial charge < -0.3 is 10.1 Å². The number of nitrogens with one attached hydrogen (secondary N) is 1. The van der Waals surface area contributed by atoms with Crippen molar-refractivity contribution in [1.29, 1.82) is 5.26 Å². The van der Waals surface area contributed by atoms with E-state index in [0.717, 1.165) is 58.9 Å². The molecule has 0 aliphatic carbocycles. The molecule has 1 aromatic heterocycles. The van der Waals surface area contributed by atoms with Gasteiger partial charge >= 0.3 is 5.97 Å². The lowest BCUT2D eigenvalue weighted by Crippen LogP contribution is -2.32. The molecule has 3 aromatic rings. The van der Waals surface area contributed by atoms with Gasteiger partial charge in [-0.25, -0.2) is 0 Å². The van der Waals surface area contributed by atoms with Crippen molar-refractivity contribution in [2.45, 2.75) is 58.9 Å². The molecule has 1 atom stereocenters. The van der Waals surface area contributed by atoms with Crippen LogP contribution in [0.2, 0.25) is 0 Å². The van der Waals surface area contributed by atoms with E-state index in [0.29, 0.717) is 24.5 Å². The van der Waals surface area contributed by atoms with Crippen molar-refractivity contribution in [3.05, 3.63) is 58.7 Å². The number of hydrogen-bond donors (Lipinski definition) is 1. The lowest BCUT2D eigenvalue weighted by molar-refractivity contribution is -0.145. The van der Waals surface area contributed by atoms with E-state index in [1.807, 2.05) is 24.3 Å². The minimum Gasteiger partial charge on any atom is -0.464 e. The van der Waals surface area contributed by atoms with Gasteiger partial charge in [-0.05, 0) is 60.9 Å². The van der Waals surface area contributed by atoms with Crippen LogP contribution >= 0.6 is 11.3 Å². The Bertz CT molecular complexity index is 1220. The Kier molecular flexibility index (Phi) is 8.27. The molecule has 182 valence electrons. The van der Waals surface area contributed by atoms with Crippen molar-refractivity contribution >= 4 is 17.3 Å². The molecule has 7 heteroatoms. The highest BCUT2D eigenvalue weighted by atomic mass is 32.1. The maximum Gasteiger partial charge on any atom is 0.323 e. The second kappa shape index (κ2) is 11.6. The average molecular weight is 489 g/mol. The van der Waals surface area contributed by atoms with Crippen LogP contribution in [-0.2, 0) is 28.8 Å². The van der Waals surface area contributed by atoms with E-state index < -0.39 is 0 Å². The normalized spacial score (nSPS) is 15.3. The number of benzene rings is 2. The van der Waals surface area contributed by atoms with Crippen LogP contribution in [0.25, 0.3) is 21.1 Å². The SMILES string of the molecule is CCc1c(CCOC(=O)[C@@H]2CCCN2)cccc1-c1nnc(-c2ccc(CC(C)C)c(C#N)c2)s1. The predicted molar refractivity (Wildman–Crippen MR) is 139 cm³/mol. The topological polar surface area (TPSA) is 87.9 Å². The molecule has 1 aliphatic rings. The minimum atomic E-state index is -0.159. The molecule has 2 aromatic carbocycles. The summed E-state index contributed by atoms with van der Waals surface area (Å²) < 4.78 is 5.54. The lowest BCUT2D eigenvalue weighted by atomic mass is 9.97. The summed E-state index contributed by atoms with van der Waals surface area (Å²) in [5.41, 5.74) is 6.12. The van der Waals surface area contributed by atoms with Gasteiger partial charge in [-0.2, -0.15) is 5.26 Å². The van der Waals surface area contributed by atoms with E-state index in [1.54, 1.807) is 0 Å². The lowest BCUT2D eigenvalue weighted by Gasteiger charge is -2.13. The second-order valence-corrected chi connectivity index (χ2v) is 10.3. The standard InChI is InChI=1S/C28H32N4O2S/c1-4-23-19(12-14-34-28(33)25-9-6-13-30-25)7-5-8-24(23)27-32-31-26(35-27)21-11-10-20(15-18(2)3)22(16-21)17-29/h5,7-8,10-11,16,18,25,30H,4,6,9,12-15H2,1-3H3/t25-/m0/s1. The van der Waals surface area contributed by atoms with Gasteiger partial charge in [0.2, 0.25) is 0 Å². The predicted octanol–water partition coefficient (Wildman–Crippen LogP) is 5.34. The molecule has 1 aliphatic heterocycles. The molecule has 0 amide bonds. The minimum absolute atomic E-state index is 0.151. The third-order valence-corrected chi connectivity index (χ3v) is 7.35. The first-order valence-corrected chi connectivity index (χ1v) is 13.2. The van der Waals surface area contributed by atoms with E-state index >= 15 is 0 Å². The van der Waals surface area contributed by atoms with Crippen LogP contribution in [-0.4, -0.2) is 35.4 Å². The Labute approximate surface area is 211 Å². The molecule has 2 heterocycles. The summed E-state index contributed by atoms with van der Waals surface area (Å²) in [5.74, 6) is 0.338. The van der Waals surface area contributed by atoms with Gasteiger partial charge in [-0.1, -0.05) is 62.4 Å². The molecule has 1 saturated heterocycles. The van der Waals surface area contributed by atoms with E-state index in [1.165, 1.54) is 22.5 Å². The van der Waals surface area contributed by atoms with E-state index in [-0.39, 0.29) is 12.0 Å². The first kappa shape index (κ1) is 25.0. The van der Waals surface area contributed by atoms with Gasteiger partial charge in [0.05, 0.1) is 18.2 Å². The summed E-state index contributed by atoms with van der Waals surface area (Å²) in [6.07, 6.45) is 4.27. The molecule has 0 radical (unpaired) electrons. The molecule has 0 spiro atoms. The molecular weight excluding hydrogens is 456 g/mol. The molecule has 35 heavy (non-hydrogen) atoms. The van der Waals surface area contributed by atoms with Crippen molar-refractivity contribution in [1.82, 2.24) is 15.5 Å². The van der Waals surface area contributed by atoms with Crippen LogP contribution in [0.15, 0.2) is 36.4 Å². The average Bonchev–Trinajstić information content (AvgIpc) is 3.56. The molecule has 6 nitrogen and oxygen atoms in total.